The van der Waals surface area contributed by atoms with Gasteiger partial charge in [0.05, 0.1) is 12.1 Å². The fourth-order valence-electron chi connectivity index (χ4n) is 1.84. The topological polar surface area (TPSA) is 51.2 Å². The van der Waals surface area contributed by atoms with E-state index in [1.165, 1.54) is 13.2 Å². The number of benzene rings is 1. The average molecular weight is 337 g/mol. The van der Waals surface area contributed by atoms with Crippen molar-refractivity contribution in [2.45, 2.75) is 6.54 Å². The monoisotopic (exact) mass is 336 g/mol. The number of carbonyl (C=O) groups excluding carboxylic acids is 1. The van der Waals surface area contributed by atoms with Gasteiger partial charge in [0.2, 0.25) is 5.91 Å². The van der Waals surface area contributed by atoms with E-state index in [9.17, 15) is 4.79 Å². The van der Waals surface area contributed by atoms with Crippen molar-refractivity contribution in [1.82, 2.24) is 10.3 Å². The van der Waals surface area contributed by atoms with Crippen LogP contribution in [0.3, 0.4) is 0 Å². The number of carbonyl (C=O) groups is 1. The Morgan fingerprint density at radius 2 is 2.23 bits per heavy atom. The molecule has 0 atom stereocenters. The fraction of sp³-hybridized carbons (Fsp3) is 0.125. The molecule has 1 heterocycles. The number of amides is 1. The first-order chi connectivity index (χ1) is 10.6. The zero-order valence-corrected chi connectivity index (χ0v) is 13.4. The van der Waals surface area contributed by atoms with Crippen molar-refractivity contribution in [2.75, 3.05) is 7.11 Å². The zero-order chi connectivity index (χ0) is 15.9. The Bertz CT molecular complexity index is 688. The van der Waals surface area contributed by atoms with Crippen LogP contribution in [-0.4, -0.2) is 18.0 Å². The summed E-state index contributed by atoms with van der Waals surface area (Å²) < 4.78 is 5.21. The highest BCUT2D eigenvalue weighted by molar-refractivity contribution is 6.35. The number of ether oxygens (including phenoxy) is 1. The van der Waals surface area contributed by atoms with E-state index in [-0.39, 0.29) is 5.91 Å². The number of nitrogens with zero attached hydrogens (tertiary/aromatic N) is 1. The van der Waals surface area contributed by atoms with E-state index in [1.807, 2.05) is 12.1 Å². The first-order valence-electron chi connectivity index (χ1n) is 6.48. The number of aromatic nitrogens is 1. The molecule has 0 aliphatic heterocycles. The molecule has 22 heavy (non-hydrogen) atoms. The Morgan fingerprint density at radius 1 is 1.41 bits per heavy atom. The predicted molar refractivity (Wildman–Crippen MR) is 88.1 cm³/mol. The molecule has 6 heteroatoms. The number of hydrogen-bond donors (Lipinski definition) is 1. The van der Waals surface area contributed by atoms with Crippen LogP contribution in [0.25, 0.3) is 6.08 Å². The minimum absolute atomic E-state index is 0.234. The molecular weight excluding hydrogens is 323 g/mol. The first kappa shape index (κ1) is 16.3. The third kappa shape index (κ3) is 4.48. The SMILES string of the molecule is COc1c(Cl)cc(Cl)cc1/C=C/C(=O)NCc1cccnc1. The maximum atomic E-state index is 11.8. The molecule has 0 saturated carbocycles. The van der Waals surface area contributed by atoms with Gasteiger partial charge < -0.3 is 10.1 Å². The standard InChI is InChI=1S/C16H14Cl2N2O2/c1-22-16-12(7-13(17)8-14(16)18)4-5-15(21)20-10-11-3-2-6-19-9-11/h2-9H,10H2,1H3,(H,20,21)/b5-4+. The molecule has 1 amide bonds. The number of nitrogens with one attached hydrogen (secondary N) is 1. The van der Waals surface area contributed by atoms with Crippen LogP contribution in [0.5, 0.6) is 5.75 Å². The van der Waals surface area contributed by atoms with Gasteiger partial charge in [0.1, 0.15) is 5.75 Å². The Kier molecular flexibility index (Phi) is 5.81. The molecule has 114 valence electrons. The van der Waals surface area contributed by atoms with Crippen LogP contribution in [0.2, 0.25) is 10.0 Å². The second kappa shape index (κ2) is 7.82. The maximum Gasteiger partial charge on any atom is 0.244 e. The summed E-state index contributed by atoms with van der Waals surface area (Å²) in [6.45, 7) is 0.407. The number of pyridine rings is 1. The summed E-state index contributed by atoms with van der Waals surface area (Å²) in [7, 11) is 1.51. The van der Waals surface area contributed by atoms with Gasteiger partial charge in [0.25, 0.3) is 0 Å². The third-order valence-electron chi connectivity index (χ3n) is 2.85. The summed E-state index contributed by atoms with van der Waals surface area (Å²) in [5, 5.41) is 3.63. The molecule has 1 aromatic heterocycles. The minimum atomic E-state index is -0.234. The van der Waals surface area contributed by atoms with Gasteiger partial charge in [-0.15, -0.1) is 0 Å². The zero-order valence-electron chi connectivity index (χ0n) is 11.8. The van der Waals surface area contributed by atoms with Crippen molar-refractivity contribution >= 4 is 35.2 Å². The van der Waals surface area contributed by atoms with Crippen molar-refractivity contribution < 1.29 is 9.53 Å². The Balaban J connectivity index is 2.04. The molecule has 2 rings (SSSR count). The predicted octanol–water partition coefficient (Wildman–Crippen LogP) is 3.73. The molecule has 1 N–H and O–H groups in total. The number of halogens is 2. The van der Waals surface area contributed by atoms with E-state index in [0.717, 1.165) is 5.56 Å². The number of rotatable bonds is 5. The quantitative estimate of drug-likeness (QED) is 0.846. The molecule has 0 fully saturated rings. The molecular formula is C16H14Cl2N2O2. The first-order valence-corrected chi connectivity index (χ1v) is 7.23. The summed E-state index contributed by atoms with van der Waals surface area (Å²) in [6, 6.07) is 6.96. The van der Waals surface area contributed by atoms with Crippen LogP contribution >= 0.6 is 23.2 Å². The van der Waals surface area contributed by atoms with E-state index in [0.29, 0.717) is 27.9 Å². The number of methoxy groups -OCH3 is 1. The van der Waals surface area contributed by atoms with Crippen LogP contribution in [0.1, 0.15) is 11.1 Å². The summed E-state index contributed by atoms with van der Waals surface area (Å²) >= 11 is 12.0. The van der Waals surface area contributed by atoms with Crippen molar-refractivity contribution in [2.24, 2.45) is 0 Å². The van der Waals surface area contributed by atoms with Crippen LogP contribution in [0.15, 0.2) is 42.7 Å². The van der Waals surface area contributed by atoms with Crippen molar-refractivity contribution in [1.29, 1.82) is 0 Å². The smallest absolute Gasteiger partial charge is 0.244 e. The highest BCUT2D eigenvalue weighted by Crippen LogP contribution is 2.32. The van der Waals surface area contributed by atoms with Gasteiger partial charge in [-0.25, -0.2) is 0 Å². The summed E-state index contributed by atoms with van der Waals surface area (Å²) in [5.74, 6) is 0.240. The van der Waals surface area contributed by atoms with Crippen LogP contribution < -0.4 is 10.1 Å². The average Bonchev–Trinajstić information content (AvgIpc) is 2.51. The highest BCUT2D eigenvalue weighted by Gasteiger charge is 2.08. The van der Waals surface area contributed by atoms with Crippen molar-refractivity contribution in [3.63, 3.8) is 0 Å². The van der Waals surface area contributed by atoms with E-state index in [4.69, 9.17) is 27.9 Å². The fourth-order valence-corrected chi connectivity index (χ4v) is 2.42. The normalized spacial score (nSPS) is 10.7. The van der Waals surface area contributed by atoms with Gasteiger partial charge in [-0.05, 0) is 29.8 Å². The van der Waals surface area contributed by atoms with Gasteiger partial charge >= 0.3 is 0 Å². The molecule has 4 nitrogen and oxygen atoms in total. The van der Waals surface area contributed by atoms with Gasteiger partial charge in [-0.1, -0.05) is 29.3 Å². The molecule has 0 unspecified atom stereocenters. The second-order valence-corrected chi connectivity index (χ2v) is 5.27. The minimum Gasteiger partial charge on any atom is -0.495 e. The number of hydrogen-bond acceptors (Lipinski definition) is 3. The molecule has 0 radical (unpaired) electrons. The van der Waals surface area contributed by atoms with Gasteiger partial charge in [-0.2, -0.15) is 0 Å². The van der Waals surface area contributed by atoms with Gasteiger partial charge in [0.15, 0.2) is 0 Å². The molecule has 0 aliphatic rings. The molecule has 0 saturated heterocycles. The molecule has 0 bridgehead atoms. The summed E-state index contributed by atoms with van der Waals surface area (Å²) in [5.41, 5.74) is 1.56. The van der Waals surface area contributed by atoms with E-state index in [2.05, 4.69) is 10.3 Å². The molecule has 0 spiro atoms. The largest absolute Gasteiger partial charge is 0.495 e. The maximum absolute atomic E-state index is 11.8. The summed E-state index contributed by atoms with van der Waals surface area (Å²) in [4.78, 5) is 15.8. The van der Waals surface area contributed by atoms with Crippen LogP contribution in [0.4, 0.5) is 0 Å². The Hall–Kier alpha value is -2.04. The van der Waals surface area contributed by atoms with Gasteiger partial charge in [-0.3, -0.25) is 9.78 Å². The summed E-state index contributed by atoms with van der Waals surface area (Å²) in [6.07, 6.45) is 6.39. The van der Waals surface area contributed by atoms with E-state index < -0.39 is 0 Å². The van der Waals surface area contributed by atoms with E-state index in [1.54, 1.807) is 30.6 Å². The molecule has 2 aromatic rings. The van der Waals surface area contributed by atoms with Crippen LogP contribution in [-0.2, 0) is 11.3 Å². The van der Waals surface area contributed by atoms with E-state index >= 15 is 0 Å². The Morgan fingerprint density at radius 3 is 2.91 bits per heavy atom. The van der Waals surface area contributed by atoms with Gasteiger partial charge in [0, 0.05) is 35.6 Å². The Labute approximate surface area is 138 Å². The second-order valence-electron chi connectivity index (χ2n) is 4.42. The lowest BCUT2D eigenvalue weighted by molar-refractivity contribution is -0.116. The van der Waals surface area contributed by atoms with Crippen molar-refractivity contribution in [3.05, 3.63) is 63.9 Å². The molecule has 0 aliphatic carbocycles. The lowest BCUT2D eigenvalue weighted by Gasteiger charge is -2.08. The molecule has 1 aromatic carbocycles. The lowest BCUT2D eigenvalue weighted by Crippen LogP contribution is -2.20. The van der Waals surface area contributed by atoms with Crippen LogP contribution in [0, 0.1) is 0 Å². The lowest BCUT2D eigenvalue weighted by atomic mass is 10.2. The highest BCUT2D eigenvalue weighted by atomic mass is 35.5. The third-order valence-corrected chi connectivity index (χ3v) is 3.34. The van der Waals surface area contributed by atoms with Crippen molar-refractivity contribution in [3.8, 4) is 5.75 Å².